The summed E-state index contributed by atoms with van der Waals surface area (Å²) in [6, 6.07) is 24.5. The monoisotopic (exact) mass is 519 g/mol. The van der Waals surface area contributed by atoms with Gasteiger partial charge in [0.2, 0.25) is 15.9 Å². The third-order valence-electron chi connectivity index (χ3n) is 6.41. The van der Waals surface area contributed by atoms with Gasteiger partial charge in [-0.25, -0.2) is 8.42 Å². The second-order valence-electron chi connectivity index (χ2n) is 9.05. The number of ether oxygens (including phenoxy) is 1. The number of carbonyl (C=O) groups is 1. The van der Waals surface area contributed by atoms with Crippen molar-refractivity contribution in [2.45, 2.75) is 24.8 Å². The molecule has 0 aliphatic carbocycles. The van der Waals surface area contributed by atoms with Crippen LogP contribution in [0.3, 0.4) is 0 Å². The lowest BCUT2D eigenvalue weighted by molar-refractivity contribution is -0.132. The normalized spacial score (nSPS) is 11.8. The molecule has 1 N–H and O–H groups in total. The fourth-order valence-electron chi connectivity index (χ4n) is 4.28. The summed E-state index contributed by atoms with van der Waals surface area (Å²) in [5, 5.41) is 1.12. The van der Waals surface area contributed by atoms with Crippen molar-refractivity contribution in [2.24, 2.45) is 0 Å². The maximum Gasteiger partial charge on any atom is 0.243 e. The minimum Gasteiger partial charge on any atom is -0.383 e. The first kappa shape index (κ1) is 26.6. The van der Waals surface area contributed by atoms with Gasteiger partial charge in [0.1, 0.15) is 0 Å². The average Bonchev–Trinajstić information content (AvgIpc) is 3.32. The molecule has 0 spiro atoms. The molecule has 194 valence electrons. The first-order valence-corrected chi connectivity index (χ1v) is 13.7. The molecule has 0 atom stereocenters. The molecule has 3 aromatic carbocycles. The average molecular weight is 520 g/mol. The molecule has 8 heteroatoms. The van der Waals surface area contributed by atoms with Crippen molar-refractivity contribution in [1.82, 2.24) is 14.2 Å². The molecule has 1 aromatic heterocycles. The molecular weight excluding hydrogens is 486 g/mol. The van der Waals surface area contributed by atoms with E-state index in [9.17, 15) is 13.2 Å². The number of nitrogens with zero attached hydrogens (tertiary/aromatic N) is 2. The van der Waals surface area contributed by atoms with E-state index in [1.807, 2.05) is 61.7 Å². The molecule has 0 radical (unpaired) electrons. The Bertz CT molecular complexity index is 1420. The van der Waals surface area contributed by atoms with Crippen LogP contribution in [0.4, 0.5) is 0 Å². The van der Waals surface area contributed by atoms with Gasteiger partial charge in [-0.15, -0.1) is 0 Å². The fraction of sp³-hybridized carbons (Fsp3) is 0.276. The van der Waals surface area contributed by atoms with Crippen molar-refractivity contribution in [1.29, 1.82) is 0 Å². The number of nitrogens with one attached hydrogen (secondary N) is 1. The summed E-state index contributed by atoms with van der Waals surface area (Å²) >= 11 is 0. The van der Waals surface area contributed by atoms with Gasteiger partial charge in [-0.3, -0.25) is 4.79 Å². The van der Waals surface area contributed by atoms with Gasteiger partial charge in [-0.2, -0.15) is 4.31 Å². The first-order valence-electron chi connectivity index (χ1n) is 12.3. The number of aromatic nitrogens is 1. The molecule has 4 aromatic rings. The summed E-state index contributed by atoms with van der Waals surface area (Å²) in [5.74, 6) is -0.254. The number of hydrogen-bond donors (Lipinski definition) is 1. The van der Waals surface area contributed by atoms with E-state index in [-0.39, 0.29) is 30.5 Å². The van der Waals surface area contributed by atoms with E-state index >= 15 is 0 Å². The molecule has 0 saturated carbocycles. The Labute approximate surface area is 218 Å². The SMILES string of the molecule is COCCN(CC(=O)N(CCc1c[nH]c2ccccc12)Cc1ccccc1)S(=O)(=O)c1ccc(C)cc1. The molecule has 0 aliphatic rings. The summed E-state index contributed by atoms with van der Waals surface area (Å²) < 4.78 is 33.3. The maximum absolute atomic E-state index is 13.6. The van der Waals surface area contributed by atoms with Gasteiger partial charge in [0.15, 0.2) is 0 Å². The predicted octanol–water partition coefficient (Wildman–Crippen LogP) is 4.38. The highest BCUT2D eigenvalue weighted by Crippen LogP contribution is 2.20. The Hall–Kier alpha value is -3.46. The van der Waals surface area contributed by atoms with E-state index in [0.29, 0.717) is 19.5 Å². The number of H-pyrrole nitrogens is 1. The van der Waals surface area contributed by atoms with Gasteiger partial charge in [-0.05, 0) is 42.7 Å². The number of aryl methyl sites for hydroxylation is 1. The van der Waals surface area contributed by atoms with Crippen molar-refractivity contribution < 1.29 is 17.9 Å². The van der Waals surface area contributed by atoms with E-state index in [1.54, 1.807) is 29.2 Å². The zero-order valence-corrected chi connectivity index (χ0v) is 22.1. The molecule has 0 fully saturated rings. The second kappa shape index (κ2) is 12.2. The van der Waals surface area contributed by atoms with Gasteiger partial charge >= 0.3 is 0 Å². The van der Waals surface area contributed by atoms with E-state index in [4.69, 9.17) is 4.74 Å². The molecule has 1 heterocycles. The first-order chi connectivity index (χ1) is 17.9. The zero-order chi connectivity index (χ0) is 26.3. The largest absolute Gasteiger partial charge is 0.383 e. The molecule has 0 aliphatic heterocycles. The number of aromatic amines is 1. The minimum atomic E-state index is -3.88. The van der Waals surface area contributed by atoms with E-state index in [2.05, 4.69) is 11.1 Å². The van der Waals surface area contributed by atoms with Crippen LogP contribution in [0.5, 0.6) is 0 Å². The van der Waals surface area contributed by atoms with Gasteiger partial charge < -0.3 is 14.6 Å². The van der Waals surface area contributed by atoms with Crippen LogP contribution in [-0.2, 0) is 32.5 Å². The summed E-state index contributed by atoms with van der Waals surface area (Å²) in [4.78, 5) is 18.8. The molecule has 0 unspecified atom stereocenters. The lowest BCUT2D eigenvalue weighted by atomic mass is 10.1. The minimum absolute atomic E-state index is 0.0834. The highest BCUT2D eigenvalue weighted by molar-refractivity contribution is 7.89. The Morgan fingerprint density at radius 3 is 2.35 bits per heavy atom. The summed E-state index contributed by atoms with van der Waals surface area (Å²) in [5.41, 5.74) is 4.11. The van der Waals surface area contributed by atoms with Crippen LogP contribution in [0.15, 0.2) is 90.0 Å². The highest BCUT2D eigenvalue weighted by Gasteiger charge is 2.28. The van der Waals surface area contributed by atoms with Crippen LogP contribution in [-0.4, -0.2) is 61.9 Å². The number of rotatable bonds is 12. The summed E-state index contributed by atoms with van der Waals surface area (Å²) in [7, 11) is -2.36. The number of methoxy groups -OCH3 is 1. The standard InChI is InChI=1S/C29H33N3O4S/c1-23-12-14-26(15-13-23)37(34,35)32(18-19-36-2)22-29(33)31(21-24-8-4-3-5-9-24)17-16-25-20-30-28-11-7-6-10-27(25)28/h3-15,20,30H,16-19,21-22H2,1-2H3. The van der Waals surface area contributed by atoms with Gasteiger partial charge in [-0.1, -0.05) is 66.2 Å². The molecule has 0 saturated heterocycles. The topological polar surface area (TPSA) is 82.7 Å². The quantitative estimate of drug-likeness (QED) is 0.301. The number of amides is 1. The molecule has 4 rings (SSSR count). The number of fused-ring (bicyclic) bond motifs is 1. The highest BCUT2D eigenvalue weighted by atomic mass is 32.2. The number of hydrogen-bond acceptors (Lipinski definition) is 4. The van der Waals surface area contributed by atoms with Crippen molar-refractivity contribution in [2.75, 3.05) is 33.4 Å². The van der Waals surface area contributed by atoms with Crippen molar-refractivity contribution in [3.8, 4) is 0 Å². The van der Waals surface area contributed by atoms with Gasteiger partial charge in [0.25, 0.3) is 0 Å². The third kappa shape index (κ3) is 6.65. The number of carbonyl (C=O) groups excluding carboxylic acids is 1. The van der Waals surface area contributed by atoms with Crippen LogP contribution in [0.2, 0.25) is 0 Å². The molecular formula is C29H33N3O4S. The smallest absolute Gasteiger partial charge is 0.243 e. The van der Waals surface area contributed by atoms with Crippen molar-refractivity contribution in [3.05, 3.63) is 102 Å². The lowest BCUT2D eigenvalue weighted by Crippen LogP contribution is -2.44. The Morgan fingerprint density at radius 1 is 0.919 bits per heavy atom. The summed E-state index contributed by atoms with van der Waals surface area (Å²) in [6.45, 7) is 2.76. The second-order valence-corrected chi connectivity index (χ2v) is 11.0. The number of para-hydroxylation sites is 1. The Balaban J connectivity index is 1.57. The van der Waals surface area contributed by atoms with Crippen LogP contribution in [0, 0.1) is 6.92 Å². The zero-order valence-electron chi connectivity index (χ0n) is 21.3. The van der Waals surface area contributed by atoms with Crippen LogP contribution >= 0.6 is 0 Å². The van der Waals surface area contributed by atoms with Crippen molar-refractivity contribution in [3.63, 3.8) is 0 Å². The third-order valence-corrected chi connectivity index (χ3v) is 8.27. The van der Waals surface area contributed by atoms with E-state index < -0.39 is 10.0 Å². The summed E-state index contributed by atoms with van der Waals surface area (Å²) in [6.07, 6.45) is 2.62. The van der Waals surface area contributed by atoms with Crippen LogP contribution in [0.25, 0.3) is 10.9 Å². The maximum atomic E-state index is 13.6. The van der Waals surface area contributed by atoms with Crippen LogP contribution in [0.1, 0.15) is 16.7 Å². The molecule has 7 nitrogen and oxygen atoms in total. The van der Waals surface area contributed by atoms with Crippen molar-refractivity contribution >= 4 is 26.8 Å². The molecule has 37 heavy (non-hydrogen) atoms. The number of sulfonamides is 1. The lowest BCUT2D eigenvalue weighted by Gasteiger charge is -2.27. The van der Waals surface area contributed by atoms with Gasteiger partial charge in [0.05, 0.1) is 18.0 Å². The van der Waals surface area contributed by atoms with Gasteiger partial charge in [0, 0.05) is 43.8 Å². The molecule has 0 bridgehead atoms. The fourth-order valence-corrected chi connectivity index (χ4v) is 5.65. The Morgan fingerprint density at radius 2 is 1.62 bits per heavy atom. The molecule has 1 amide bonds. The number of benzene rings is 3. The van der Waals surface area contributed by atoms with E-state index in [1.165, 1.54) is 11.4 Å². The Kier molecular flexibility index (Phi) is 8.76. The van der Waals surface area contributed by atoms with Crippen LogP contribution < -0.4 is 0 Å². The van der Waals surface area contributed by atoms with E-state index in [0.717, 1.165) is 27.6 Å². The predicted molar refractivity (Wildman–Crippen MR) is 146 cm³/mol.